The molecule has 0 N–H and O–H groups in total. The number of amides is 2. The molecule has 65 heavy (non-hydrogen) atoms. The first-order valence-electron chi connectivity index (χ1n) is 22.3. The summed E-state index contributed by atoms with van der Waals surface area (Å²) < 4.78 is 66.7. The lowest BCUT2D eigenvalue weighted by Crippen LogP contribution is -2.33. The van der Waals surface area contributed by atoms with E-state index in [-0.39, 0.29) is 29.6 Å². The van der Waals surface area contributed by atoms with Gasteiger partial charge in [-0.05, 0) is 78.8 Å². The van der Waals surface area contributed by atoms with E-state index < -0.39 is 33.3 Å². The van der Waals surface area contributed by atoms with Gasteiger partial charge in [-0.1, -0.05) is 59.3 Å². The van der Waals surface area contributed by atoms with Crippen LogP contribution in [0.5, 0.6) is 0 Å². The summed E-state index contributed by atoms with van der Waals surface area (Å²) in [7, 11) is -3.04. The minimum atomic E-state index is -4.68. The first kappa shape index (κ1) is 51.0. The maximum atomic E-state index is 12.4. The van der Waals surface area contributed by atoms with Gasteiger partial charge >= 0.3 is 5.97 Å². The molecule has 4 aliphatic rings. The number of benzene rings is 2. The third-order valence-corrected chi connectivity index (χ3v) is 12.2. The summed E-state index contributed by atoms with van der Waals surface area (Å²) in [6.45, 7) is 18.4. The SMILES string of the molecule is CC[N+](CCOCCOCCOCCOC)=c1ccc2c(C(C)(C)C)cc(/C=C/C=C/C=C3/N(CCCCCC(=O)ON4C(=O)CCC4=O)c4ccc(S(=O)(=O)[O-])cc4C3(C)C)oc-2c1. The van der Waals surface area contributed by atoms with Crippen LogP contribution in [0.1, 0.15) is 97.0 Å². The highest BCUT2D eigenvalue weighted by molar-refractivity contribution is 7.85. The summed E-state index contributed by atoms with van der Waals surface area (Å²) in [4.78, 5) is 42.8. The Morgan fingerprint density at radius 1 is 0.877 bits per heavy atom. The number of fused-ring (bicyclic) bond motifs is 2. The number of hydrogen-bond donors (Lipinski definition) is 0. The molecule has 5 rings (SSSR count). The van der Waals surface area contributed by atoms with Gasteiger partial charge in [0.1, 0.15) is 34.8 Å². The van der Waals surface area contributed by atoms with E-state index in [0.717, 1.165) is 40.2 Å². The maximum absolute atomic E-state index is 12.4. The van der Waals surface area contributed by atoms with Crippen molar-refractivity contribution in [2.45, 2.75) is 95.8 Å². The van der Waals surface area contributed by atoms with Crippen LogP contribution < -0.4 is 14.8 Å². The van der Waals surface area contributed by atoms with Crippen molar-refractivity contribution in [3.8, 4) is 11.3 Å². The zero-order valence-electron chi connectivity index (χ0n) is 38.9. The molecule has 0 atom stereocenters. The number of unbranched alkanes of at least 4 members (excludes halogenated alkanes) is 2. The van der Waals surface area contributed by atoms with Gasteiger partial charge in [-0.15, -0.1) is 5.06 Å². The number of imide groups is 1. The Balaban J connectivity index is 1.29. The number of likely N-dealkylation sites (N-methyl/N-ethyl adjacent to an activating group) is 1. The lowest BCUT2D eigenvalue weighted by molar-refractivity contribution is -0.197. The van der Waals surface area contributed by atoms with Gasteiger partial charge in [0.25, 0.3) is 11.8 Å². The first-order chi connectivity index (χ1) is 30.9. The summed E-state index contributed by atoms with van der Waals surface area (Å²) >= 11 is 0. The van der Waals surface area contributed by atoms with Crippen molar-refractivity contribution in [2.75, 3.05) is 77.9 Å². The minimum Gasteiger partial charge on any atom is -0.744 e. The molecule has 0 saturated carbocycles. The Bertz CT molecular complexity index is 2360. The number of allylic oxidation sites excluding steroid dienone is 5. The molecule has 1 aromatic rings. The molecule has 354 valence electrons. The fourth-order valence-corrected chi connectivity index (χ4v) is 8.35. The van der Waals surface area contributed by atoms with E-state index in [1.807, 2.05) is 44.2 Å². The van der Waals surface area contributed by atoms with E-state index in [2.05, 4.69) is 61.4 Å². The number of hydrogen-bond acceptors (Lipinski definition) is 13. The highest BCUT2D eigenvalue weighted by Gasteiger charge is 2.40. The number of hydroxylamine groups is 2. The number of nitrogens with zero attached hydrogens (tertiary/aromatic N) is 3. The topological polar surface area (TPSA) is 177 Å². The quantitative estimate of drug-likeness (QED) is 0.0314. The third-order valence-electron chi connectivity index (χ3n) is 11.4. The van der Waals surface area contributed by atoms with Crippen LogP contribution in [0.2, 0.25) is 0 Å². The number of carbonyl (C=O) groups excluding carboxylic acids is 3. The molecule has 1 saturated heterocycles. The zero-order chi connectivity index (χ0) is 47.2. The second-order valence-electron chi connectivity index (χ2n) is 17.5. The van der Waals surface area contributed by atoms with Crippen LogP contribution in [0.4, 0.5) is 5.69 Å². The molecule has 16 heteroatoms. The van der Waals surface area contributed by atoms with Crippen LogP contribution in [0, 0.1) is 0 Å². The normalized spacial score (nSPS) is 16.5. The molecule has 3 heterocycles. The molecule has 1 fully saturated rings. The van der Waals surface area contributed by atoms with Crippen LogP contribution in [-0.2, 0) is 59.1 Å². The number of anilines is 1. The summed E-state index contributed by atoms with van der Waals surface area (Å²) in [6, 6.07) is 12.9. The van der Waals surface area contributed by atoms with Crippen LogP contribution in [0.3, 0.4) is 0 Å². The Hall–Kier alpha value is -4.97. The van der Waals surface area contributed by atoms with Crippen molar-refractivity contribution >= 4 is 39.7 Å². The largest absolute Gasteiger partial charge is 0.744 e. The van der Waals surface area contributed by atoms with Crippen LogP contribution in [0.15, 0.2) is 81.8 Å². The molecular weight excluding hydrogens is 855 g/mol. The lowest BCUT2D eigenvalue weighted by atomic mass is 9.83. The van der Waals surface area contributed by atoms with Crippen molar-refractivity contribution in [3.05, 3.63) is 94.7 Å². The van der Waals surface area contributed by atoms with Gasteiger partial charge in [-0.25, -0.2) is 17.8 Å². The van der Waals surface area contributed by atoms with Crippen molar-refractivity contribution < 1.29 is 55.6 Å². The summed E-state index contributed by atoms with van der Waals surface area (Å²) in [6.07, 6.45) is 11.5. The standard InChI is InChI=1S/C49H65N3O12S/c1-8-50(25-26-60-29-30-62-32-31-61-28-27-59-7)36-18-20-39-40(48(2,3)4)34-37(63-43(39)33-36)15-11-9-12-16-44-49(5,6)41-35-38(65(56,57)58)19-21-42(41)51(44)24-14-10-13-17-47(55)64-52-45(53)22-23-46(52)54/h9,11-12,15-16,18-21,33-35H,8,10,13-14,17,22-32H2,1-7H3. The Morgan fingerprint density at radius 3 is 2.20 bits per heavy atom. The molecule has 1 aromatic carbocycles. The summed E-state index contributed by atoms with van der Waals surface area (Å²) in [5, 5.41) is 1.59. The number of ether oxygens (including phenoxy) is 4. The Kier molecular flexibility index (Phi) is 18.4. The highest BCUT2D eigenvalue weighted by atomic mass is 32.2. The maximum Gasteiger partial charge on any atom is 0.333 e. The second kappa shape index (κ2) is 23.5. The highest BCUT2D eigenvalue weighted by Crippen LogP contribution is 2.48. The number of methoxy groups -OCH3 is 1. The second-order valence-corrected chi connectivity index (χ2v) is 18.8. The van der Waals surface area contributed by atoms with E-state index >= 15 is 0 Å². The lowest BCUT2D eigenvalue weighted by Gasteiger charge is -2.27. The molecule has 0 unspecified atom stereocenters. The molecule has 0 aromatic heterocycles. The van der Waals surface area contributed by atoms with E-state index in [1.54, 1.807) is 13.2 Å². The van der Waals surface area contributed by atoms with E-state index in [0.29, 0.717) is 95.0 Å². The monoisotopic (exact) mass is 919 g/mol. The molecule has 0 bridgehead atoms. The molecule has 0 radical (unpaired) electrons. The molecule has 0 spiro atoms. The smallest absolute Gasteiger partial charge is 0.333 e. The third kappa shape index (κ3) is 14.0. The van der Waals surface area contributed by atoms with E-state index in [4.69, 9.17) is 28.2 Å². The minimum absolute atomic E-state index is 0.0332. The fraction of sp³-hybridized carbons (Fsp3) is 0.510. The average Bonchev–Trinajstić information content (AvgIpc) is 3.68. The van der Waals surface area contributed by atoms with Crippen LogP contribution in [0.25, 0.3) is 17.4 Å². The van der Waals surface area contributed by atoms with Gasteiger partial charge in [0.15, 0.2) is 6.54 Å². The van der Waals surface area contributed by atoms with Gasteiger partial charge in [0, 0.05) is 61.3 Å². The molecule has 3 aliphatic heterocycles. The van der Waals surface area contributed by atoms with Gasteiger partial charge in [0.2, 0.25) is 5.36 Å². The fourth-order valence-electron chi connectivity index (χ4n) is 7.86. The van der Waals surface area contributed by atoms with Gasteiger partial charge in [0.05, 0.1) is 50.6 Å². The number of rotatable bonds is 24. The number of carbonyl (C=O) groups is 3. The summed E-state index contributed by atoms with van der Waals surface area (Å²) in [5.41, 5.74) is 3.80. The molecule has 1 aliphatic carbocycles. The van der Waals surface area contributed by atoms with Crippen LogP contribution in [-0.4, -0.2) is 109 Å². The Labute approximate surface area is 383 Å². The van der Waals surface area contributed by atoms with Crippen molar-refractivity contribution in [3.63, 3.8) is 0 Å². The Morgan fingerprint density at radius 2 is 1.55 bits per heavy atom. The van der Waals surface area contributed by atoms with Crippen molar-refractivity contribution in [1.29, 1.82) is 0 Å². The summed E-state index contributed by atoms with van der Waals surface area (Å²) in [5.74, 6) is -0.212. The molecule has 2 amide bonds. The predicted molar refractivity (Wildman–Crippen MR) is 246 cm³/mol. The van der Waals surface area contributed by atoms with E-state index in [9.17, 15) is 27.4 Å². The predicted octanol–water partition coefficient (Wildman–Crippen LogP) is 6.49. The first-order valence-corrected chi connectivity index (χ1v) is 23.7. The molecular formula is C49H65N3O12S. The zero-order valence-corrected chi connectivity index (χ0v) is 39.7. The van der Waals surface area contributed by atoms with Crippen molar-refractivity contribution in [2.24, 2.45) is 0 Å². The van der Waals surface area contributed by atoms with Crippen LogP contribution >= 0.6 is 0 Å². The van der Waals surface area contributed by atoms with Gasteiger partial charge < -0.3 is 37.7 Å². The van der Waals surface area contributed by atoms with Crippen molar-refractivity contribution in [1.82, 2.24) is 9.64 Å². The molecule has 15 nitrogen and oxygen atoms in total. The van der Waals surface area contributed by atoms with E-state index in [1.165, 1.54) is 12.1 Å². The average molecular weight is 920 g/mol. The van der Waals surface area contributed by atoms with Gasteiger partial charge in [-0.3, -0.25) is 9.59 Å². The van der Waals surface area contributed by atoms with Gasteiger partial charge in [-0.2, -0.15) is 0 Å².